The maximum Gasteiger partial charge on any atom is 0.314 e. The van der Waals surface area contributed by atoms with E-state index in [-0.39, 0.29) is 0 Å². The first-order valence-electron chi connectivity index (χ1n) is 6.13. The second-order valence-corrected chi connectivity index (χ2v) is 5.22. The highest BCUT2D eigenvalue weighted by Gasteiger charge is 2.48. The van der Waals surface area contributed by atoms with E-state index in [9.17, 15) is 9.90 Å². The van der Waals surface area contributed by atoms with Crippen LogP contribution in [0.1, 0.15) is 30.4 Å². The number of ether oxygens (including phenoxy) is 2. The zero-order valence-electron chi connectivity index (χ0n) is 11.2. The van der Waals surface area contributed by atoms with Crippen LogP contribution < -0.4 is 9.47 Å². The Morgan fingerprint density at radius 1 is 1.37 bits per heavy atom. The van der Waals surface area contributed by atoms with Crippen LogP contribution in [-0.2, 0) is 10.2 Å². The molecule has 0 atom stereocenters. The average Bonchev–Trinajstić information content (AvgIpc) is 2.31. The summed E-state index contributed by atoms with van der Waals surface area (Å²) in [6.07, 6.45) is 2.09. The number of carboxylic acids is 1. The summed E-state index contributed by atoms with van der Waals surface area (Å²) in [6, 6.07) is 1.74. The van der Waals surface area contributed by atoms with Gasteiger partial charge in [0.05, 0.1) is 24.7 Å². The summed E-state index contributed by atoms with van der Waals surface area (Å²) in [5.74, 6) is 0.203. The zero-order chi connectivity index (χ0) is 14.2. The number of hydrogen-bond acceptors (Lipinski definition) is 3. The third-order valence-corrected chi connectivity index (χ3v) is 4.43. The van der Waals surface area contributed by atoms with Gasteiger partial charge in [0.15, 0.2) is 0 Å². The number of carbonyl (C=O) groups is 1. The summed E-state index contributed by atoms with van der Waals surface area (Å²) >= 11 is 6.28. The van der Waals surface area contributed by atoms with E-state index in [1.807, 2.05) is 6.92 Å². The summed E-state index contributed by atoms with van der Waals surface area (Å²) in [7, 11) is 3.05. The number of rotatable bonds is 4. The van der Waals surface area contributed by atoms with Crippen LogP contribution >= 0.6 is 11.6 Å². The zero-order valence-corrected chi connectivity index (χ0v) is 12.0. The first-order valence-corrected chi connectivity index (χ1v) is 6.50. The monoisotopic (exact) mass is 284 g/mol. The molecule has 0 aromatic heterocycles. The van der Waals surface area contributed by atoms with E-state index in [2.05, 4.69) is 0 Å². The predicted octanol–water partition coefficient (Wildman–Crippen LogP) is 3.17. The lowest BCUT2D eigenvalue weighted by molar-refractivity contribution is -0.147. The molecule has 0 spiro atoms. The van der Waals surface area contributed by atoms with Crippen LogP contribution in [0.3, 0.4) is 0 Å². The van der Waals surface area contributed by atoms with Gasteiger partial charge in [0, 0.05) is 11.1 Å². The van der Waals surface area contributed by atoms with Gasteiger partial charge in [-0.05, 0) is 25.8 Å². The van der Waals surface area contributed by atoms with Gasteiger partial charge in [-0.25, -0.2) is 0 Å². The van der Waals surface area contributed by atoms with Crippen molar-refractivity contribution in [1.82, 2.24) is 0 Å². The van der Waals surface area contributed by atoms with Crippen molar-refractivity contribution in [3.05, 3.63) is 22.2 Å². The van der Waals surface area contributed by atoms with Crippen LogP contribution in [0.4, 0.5) is 0 Å². The van der Waals surface area contributed by atoms with E-state index in [1.54, 1.807) is 13.2 Å². The van der Waals surface area contributed by atoms with Gasteiger partial charge in [-0.2, -0.15) is 0 Å². The van der Waals surface area contributed by atoms with Crippen LogP contribution in [0.2, 0.25) is 5.02 Å². The number of aliphatic carboxylic acids is 1. The lowest BCUT2D eigenvalue weighted by Gasteiger charge is -2.39. The average molecular weight is 285 g/mol. The van der Waals surface area contributed by atoms with E-state index >= 15 is 0 Å². The quantitative estimate of drug-likeness (QED) is 0.923. The molecule has 1 aromatic rings. The number of hydrogen-bond donors (Lipinski definition) is 1. The number of halogens is 1. The summed E-state index contributed by atoms with van der Waals surface area (Å²) in [4.78, 5) is 11.6. The molecule has 0 aliphatic heterocycles. The number of benzene rings is 1. The Labute approximate surface area is 117 Å². The van der Waals surface area contributed by atoms with Crippen LogP contribution in [-0.4, -0.2) is 25.3 Å². The first-order chi connectivity index (χ1) is 8.97. The van der Waals surface area contributed by atoms with Crippen molar-refractivity contribution >= 4 is 17.6 Å². The first kappa shape index (κ1) is 14.0. The molecule has 1 N–H and O–H groups in total. The van der Waals surface area contributed by atoms with Crippen LogP contribution in [0.25, 0.3) is 0 Å². The van der Waals surface area contributed by atoms with Crippen molar-refractivity contribution in [2.45, 2.75) is 31.6 Å². The van der Waals surface area contributed by atoms with Crippen molar-refractivity contribution in [3.8, 4) is 11.5 Å². The SMILES string of the molecule is COc1cc(C2(C(=O)O)CCC2)c(OC)c(Cl)c1C. The van der Waals surface area contributed by atoms with Crippen LogP contribution in [0.5, 0.6) is 11.5 Å². The van der Waals surface area contributed by atoms with Crippen molar-refractivity contribution < 1.29 is 19.4 Å². The molecule has 0 unspecified atom stereocenters. The fourth-order valence-corrected chi connectivity index (χ4v) is 2.87. The lowest BCUT2D eigenvalue weighted by atomic mass is 9.64. The minimum atomic E-state index is -0.893. The van der Waals surface area contributed by atoms with Crippen molar-refractivity contribution in [1.29, 1.82) is 0 Å². The molecule has 0 amide bonds. The molecule has 19 heavy (non-hydrogen) atoms. The molecular formula is C14H17ClO4. The minimum Gasteiger partial charge on any atom is -0.496 e. The molecule has 1 fully saturated rings. The van der Waals surface area contributed by atoms with Gasteiger partial charge in [-0.1, -0.05) is 18.0 Å². The van der Waals surface area contributed by atoms with Crippen molar-refractivity contribution in [2.24, 2.45) is 0 Å². The maximum atomic E-state index is 11.6. The van der Waals surface area contributed by atoms with E-state index in [4.69, 9.17) is 21.1 Å². The molecule has 1 aliphatic rings. The van der Waals surface area contributed by atoms with Crippen molar-refractivity contribution in [3.63, 3.8) is 0 Å². The highest BCUT2D eigenvalue weighted by atomic mass is 35.5. The molecule has 0 bridgehead atoms. The van der Waals surface area contributed by atoms with E-state index in [0.29, 0.717) is 34.9 Å². The highest BCUT2D eigenvalue weighted by molar-refractivity contribution is 6.33. The fraction of sp³-hybridized carbons (Fsp3) is 0.500. The topological polar surface area (TPSA) is 55.8 Å². The molecule has 0 radical (unpaired) electrons. The normalized spacial score (nSPS) is 16.6. The highest BCUT2D eigenvalue weighted by Crippen LogP contribution is 2.51. The van der Waals surface area contributed by atoms with Gasteiger partial charge in [-0.3, -0.25) is 4.79 Å². The molecule has 104 valence electrons. The summed E-state index contributed by atoms with van der Waals surface area (Å²) in [6.45, 7) is 1.82. The molecular weight excluding hydrogens is 268 g/mol. The minimum absolute atomic E-state index is 0.421. The lowest BCUT2D eigenvalue weighted by Crippen LogP contribution is -2.42. The summed E-state index contributed by atoms with van der Waals surface area (Å²) in [5, 5.41) is 9.96. The maximum absolute atomic E-state index is 11.6. The Morgan fingerprint density at radius 3 is 2.37 bits per heavy atom. The van der Waals surface area contributed by atoms with Gasteiger partial charge in [0.1, 0.15) is 11.5 Å². The van der Waals surface area contributed by atoms with Crippen LogP contribution in [0, 0.1) is 6.92 Å². The Hall–Kier alpha value is -1.42. The Morgan fingerprint density at radius 2 is 2.00 bits per heavy atom. The van der Waals surface area contributed by atoms with Crippen LogP contribution in [0.15, 0.2) is 6.07 Å². The smallest absolute Gasteiger partial charge is 0.314 e. The summed E-state index contributed by atoms with van der Waals surface area (Å²) in [5.41, 5.74) is 0.474. The molecule has 1 aromatic carbocycles. The van der Waals surface area contributed by atoms with E-state index in [0.717, 1.165) is 12.0 Å². The molecule has 0 heterocycles. The van der Waals surface area contributed by atoms with Gasteiger partial charge in [0.25, 0.3) is 0 Å². The predicted molar refractivity (Wildman–Crippen MR) is 72.5 cm³/mol. The Balaban J connectivity index is 2.68. The molecule has 1 saturated carbocycles. The standard InChI is InChI=1S/C14H17ClO4/c1-8-10(18-2)7-9(12(19-3)11(8)15)14(13(16)17)5-4-6-14/h7H,4-6H2,1-3H3,(H,16,17). The third-order valence-electron chi connectivity index (χ3n) is 3.97. The summed E-state index contributed by atoms with van der Waals surface area (Å²) < 4.78 is 10.6. The number of methoxy groups -OCH3 is 2. The molecule has 2 rings (SSSR count). The molecule has 0 saturated heterocycles. The van der Waals surface area contributed by atoms with Crippen molar-refractivity contribution in [2.75, 3.05) is 14.2 Å². The second-order valence-electron chi connectivity index (χ2n) is 4.84. The number of carboxylic acid groups (broad SMARTS) is 1. The second kappa shape index (κ2) is 4.93. The molecule has 4 nitrogen and oxygen atoms in total. The third kappa shape index (κ3) is 1.94. The van der Waals surface area contributed by atoms with E-state index in [1.165, 1.54) is 7.11 Å². The van der Waals surface area contributed by atoms with Gasteiger partial charge in [0.2, 0.25) is 0 Å². The van der Waals surface area contributed by atoms with E-state index < -0.39 is 11.4 Å². The molecule has 5 heteroatoms. The molecule has 1 aliphatic carbocycles. The Bertz CT molecular complexity index is 521. The van der Waals surface area contributed by atoms with Gasteiger partial charge >= 0.3 is 5.97 Å². The van der Waals surface area contributed by atoms with Gasteiger partial charge in [-0.15, -0.1) is 0 Å². The fourth-order valence-electron chi connectivity index (χ4n) is 2.60. The Kier molecular flexibility index (Phi) is 3.63. The largest absolute Gasteiger partial charge is 0.496 e. The van der Waals surface area contributed by atoms with Gasteiger partial charge < -0.3 is 14.6 Å².